The molecule has 2 heteroatoms. The largest absolute Gasteiger partial charge is 0.398 e. The van der Waals surface area contributed by atoms with Crippen molar-refractivity contribution in [1.29, 1.82) is 0 Å². The van der Waals surface area contributed by atoms with Crippen LogP contribution in [0.3, 0.4) is 0 Å². The Labute approximate surface area is 104 Å². The Morgan fingerprint density at radius 1 is 1.18 bits per heavy atom. The maximum absolute atomic E-state index is 6.59. The van der Waals surface area contributed by atoms with Crippen LogP contribution in [0.25, 0.3) is 0 Å². The van der Waals surface area contributed by atoms with E-state index in [-0.39, 0.29) is 11.5 Å². The van der Waals surface area contributed by atoms with Gasteiger partial charge in [0.15, 0.2) is 0 Å². The van der Waals surface area contributed by atoms with Gasteiger partial charge in [-0.25, -0.2) is 0 Å². The first-order valence-corrected chi connectivity index (χ1v) is 6.43. The maximum Gasteiger partial charge on any atom is 0.0353 e. The fraction of sp³-hybridized carbons (Fsp3) is 0.467. The van der Waals surface area contributed by atoms with Crippen molar-refractivity contribution in [3.8, 4) is 0 Å². The topological polar surface area (TPSA) is 52.0 Å². The van der Waals surface area contributed by atoms with Crippen LogP contribution in [0.4, 0.5) is 5.69 Å². The van der Waals surface area contributed by atoms with Gasteiger partial charge in [-0.2, -0.15) is 0 Å². The molecule has 1 aromatic carbocycles. The molecule has 2 nitrogen and oxygen atoms in total. The summed E-state index contributed by atoms with van der Waals surface area (Å²) in [4.78, 5) is 0. The van der Waals surface area contributed by atoms with Crippen molar-refractivity contribution in [1.82, 2.24) is 0 Å². The van der Waals surface area contributed by atoms with E-state index in [1.807, 2.05) is 24.3 Å². The Balaban J connectivity index is 2.33. The molecule has 17 heavy (non-hydrogen) atoms. The highest BCUT2D eigenvalue weighted by Crippen LogP contribution is 2.40. The highest BCUT2D eigenvalue weighted by molar-refractivity contribution is 5.51. The molecule has 4 N–H and O–H groups in total. The fourth-order valence-corrected chi connectivity index (χ4v) is 2.99. The van der Waals surface area contributed by atoms with E-state index in [0.29, 0.717) is 0 Å². The SMILES string of the molecule is C=CC(c1ccccc1N)C1(N)CCCCC1. The van der Waals surface area contributed by atoms with Crippen molar-refractivity contribution in [2.45, 2.75) is 43.6 Å². The Morgan fingerprint density at radius 3 is 2.41 bits per heavy atom. The maximum atomic E-state index is 6.59. The zero-order chi connectivity index (χ0) is 12.3. The first kappa shape index (κ1) is 12.2. The zero-order valence-corrected chi connectivity index (χ0v) is 10.4. The standard InChI is InChI=1S/C15H22N2/c1-2-13(12-8-4-5-9-14(12)16)15(17)10-6-3-7-11-15/h2,4-5,8-9,13H,1,3,6-7,10-11,16-17H2. The van der Waals surface area contributed by atoms with Gasteiger partial charge in [0.25, 0.3) is 0 Å². The number of hydrogen-bond donors (Lipinski definition) is 2. The molecule has 0 heterocycles. The van der Waals surface area contributed by atoms with Crippen LogP contribution in [0, 0.1) is 0 Å². The van der Waals surface area contributed by atoms with Crippen LogP contribution in [0.1, 0.15) is 43.6 Å². The molecule has 0 saturated heterocycles. The molecule has 1 aliphatic carbocycles. The van der Waals surface area contributed by atoms with E-state index in [1.54, 1.807) is 0 Å². The van der Waals surface area contributed by atoms with Crippen molar-refractivity contribution < 1.29 is 0 Å². The van der Waals surface area contributed by atoms with Crippen molar-refractivity contribution in [3.63, 3.8) is 0 Å². The first-order valence-electron chi connectivity index (χ1n) is 6.43. The number of anilines is 1. The molecule has 1 aromatic rings. The monoisotopic (exact) mass is 230 g/mol. The van der Waals surface area contributed by atoms with Crippen molar-refractivity contribution >= 4 is 5.69 Å². The van der Waals surface area contributed by atoms with Gasteiger partial charge in [0.1, 0.15) is 0 Å². The summed E-state index contributed by atoms with van der Waals surface area (Å²) in [5.74, 6) is 0.170. The second kappa shape index (κ2) is 4.92. The minimum atomic E-state index is -0.157. The Bertz CT molecular complexity index is 392. The highest BCUT2D eigenvalue weighted by Gasteiger charge is 2.35. The lowest BCUT2D eigenvalue weighted by Gasteiger charge is -2.39. The minimum Gasteiger partial charge on any atom is -0.398 e. The van der Waals surface area contributed by atoms with E-state index in [2.05, 4.69) is 12.6 Å². The third-order valence-electron chi connectivity index (χ3n) is 3.97. The van der Waals surface area contributed by atoms with E-state index in [0.717, 1.165) is 24.1 Å². The lowest BCUT2D eigenvalue weighted by Crippen LogP contribution is -2.46. The Morgan fingerprint density at radius 2 is 1.82 bits per heavy atom. The van der Waals surface area contributed by atoms with E-state index in [9.17, 15) is 0 Å². The Hall–Kier alpha value is -1.28. The first-order chi connectivity index (χ1) is 8.17. The molecule has 0 aliphatic heterocycles. The third-order valence-corrected chi connectivity index (χ3v) is 3.97. The number of para-hydroxylation sites is 1. The molecule has 1 aliphatic rings. The molecule has 1 saturated carbocycles. The van der Waals surface area contributed by atoms with E-state index >= 15 is 0 Å². The highest BCUT2D eigenvalue weighted by atomic mass is 14.8. The predicted octanol–water partition coefficient (Wildman–Crippen LogP) is 3.20. The summed E-state index contributed by atoms with van der Waals surface area (Å²) in [7, 11) is 0. The fourth-order valence-electron chi connectivity index (χ4n) is 2.99. The van der Waals surface area contributed by atoms with Crippen LogP contribution in [-0.2, 0) is 0 Å². The van der Waals surface area contributed by atoms with Crippen molar-refractivity contribution in [2.75, 3.05) is 5.73 Å². The van der Waals surface area contributed by atoms with E-state index < -0.39 is 0 Å². The van der Waals surface area contributed by atoms with Crippen LogP contribution in [-0.4, -0.2) is 5.54 Å². The smallest absolute Gasteiger partial charge is 0.0353 e. The molecule has 0 radical (unpaired) electrons. The van der Waals surface area contributed by atoms with Crippen LogP contribution in [0.2, 0.25) is 0 Å². The molecule has 2 rings (SSSR count). The second-order valence-corrected chi connectivity index (χ2v) is 5.14. The van der Waals surface area contributed by atoms with E-state index in [4.69, 9.17) is 11.5 Å². The molecule has 0 bridgehead atoms. The third kappa shape index (κ3) is 2.37. The summed E-state index contributed by atoms with van der Waals surface area (Å²) < 4.78 is 0. The lowest BCUT2D eigenvalue weighted by atomic mass is 9.70. The molecular formula is C15H22N2. The van der Waals surface area contributed by atoms with Gasteiger partial charge >= 0.3 is 0 Å². The van der Waals surface area contributed by atoms with Crippen LogP contribution in [0.5, 0.6) is 0 Å². The lowest BCUT2D eigenvalue weighted by molar-refractivity contribution is 0.271. The summed E-state index contributed by atoms with van der Waals surface area (Å²) in [6.07, 6.45) is 7.83. The number of rotatable bonds is 3. The van der Waals surface area contributed by atoms with Crippen molar-refractivity contribution in [2.24, 2.45) is 5.73 Å². The summed E-state index contributed by atoms with van der Waals surface area (Å²) >= 11 is 0. The average molecular weight is 230 g/mol. The van der Waals surface area contributed by atoms with E-state index in [1.165, 1.54) is 19.3 Å². The van der Waals surface area contributed by atoms with Crippen LogP contribution < -0.4 is 11.5 Å². The van der Waals surface area contributed by atoms with Gasteiger partial charge in [-0.05, 0) is 24.5 Å². The van der Waals surface area contributed by atoms with Crippen molar-refractivity contribution in [3.05, 3.63) is 42.5 Å². The summed E-state index contributed by atoms with van der Waals surface area (Å²) in [6, 6.07) is 8.00. The van der Waals surface area contributed by atoms with Gasteiger partial charge in [-0.1, -0.05) is 43.5 Å². The molecule has 1 unspecified atom stereocenters. The summed E-state index contributed by atoms with van der Waals surface area (Å²) in [5, 5.41) is 0. The molecule has 0 spiro atoms. The average Bonchev–Trinajstić information content (AvgIpc) is 2.33. The molecular weight excluding hydrogens is 208 g/mol. The number of nitrogen functional groups attached to an aromatic ring is 1. The minimum absolute atomic E-state index is 0.157. The summed E-state index contributed by atoms with van der Waals surface area (Å²) in [6.45, 7) is 3.96. The van der Waals surface area contributed by atoms with Gasteiger partial charge in [-0.3, -0.25) is 0 Å². The quantitative estimate of drug-likeness (QED) is 0.619. The van der Waals surface area contributed by atoms with Gasteiger partial charge < -0.3 is 11.5 Å². The van der Waals surface area contributed by atoms with Gasteiger partial charge in [0.2, 0.25) is 0 Å². The number of hydrogen-bond acceptors (Lipinski definition) is 2. The molecule has 0 amide bonds. The number of benzene rings is 1. The normalized spacial score (nSPS) is 20.8. The number of nitrogens with two attached hydrogens (primary N) is 2. The van der Waals surface area contributed by atoms with Gasteiger partial charge in [-0.15, -0.1) is 6.58 Å². The zero-order valence-electron chi connectivity index (χ0n) is 10.4. The molecule has 92 valence electrons. The molecule has 0 aromatic heterocycles. The molecule has 1 atom stereocenters. The predicted molar refractivity (Wildman–Crippen MR) is 73.8 cm³/mol. The van der Waals surface area contributed by atoms with Gasteiger partial charge in [0, 0.05) is 17.1 Å². The summed E-state index contributed by atoms with van der Waals surface area (Å²) in [5.41, 5.74) is 14.4. The van der Waals surface area contributed by atoms with Gasteiger partial charge in [0.05, 0.1) is 0 Å². The van der Waals surface area contributed by atoms with Crippen LogP contribution >= 0.6 is 0 Å². The molecule has 1 fully saturated rings. The second-order valence-electron chi connectivity index (χ2n) is 5.14. The van der Waals surface area contributed by atoms with Crippen LogP contribution in [0.15, 0.2) is 36.9 Å². The Kier molecular flexibility index (Phi) is 3.53.